The lowest BCUT2D eigenvalue weighted by Crippen LogP contribution is -2.41. The number of ether oxygens (including phenoxy) is 2. The van der Waals surface area contributed by atoms with Gasteiger partial charge in [-0.25, -0.2) is 4.79 Å². The number of fused-ring (bicyclic) bond motifs is 1. The first kappa shape index (κ1) is 16.8. The molecule has 6 heteroatoms. The van der Waals surface area contributed by atoms with E-state index in [4.69, 9.17) is 9.47 Å². The third kappa shape index (κ3) is 3.74. The first-order chi connectivity index (χ1) is 12.1. The van der Waals surface area contributed by atoms with Crippen LogP contribution in [0.4, 0.5) is 0 Å². The van der Waals surface area contributed by atoms with Gasteiger partial charge in [0.05, 0.1) is 13.0 Å². The summed E-state index contributed by atoms with van der Waals surface area (Å²) in [5.41, 5.74) is 1.43. The van der Waals surface area contributed by atoms with Gasteiger partial charge in [-0.3, -0.25) is 4.79 Å². The lowest BCUT2D eigenvalue weighted by Gasteiger charge is -2.26. The molecule has 0 saturated heterocycles. The molecule has 2 N–H and O–H groups in total. The molecule has 0 aromatic heterocycles. The van der Waals surface area contributed by atoms with Crippen LogP contribution in [0.15, 0.2) is 48.5 Å². The molecule has 0 aliphatic carbocycles. The Morgan fingerprint density at radius 1 is 1.20 bits per heavy atom. The van der Waals surface area contributed by atoms with E-state index in [0.717, 1.165) is 11.3 Å². The van der Waals surface area contributed by atoms with Gasteiger partial charge in [0.1, 0.15) is 18.1 Å². The Balaban J connectivity index is 1.72. The predicted molar refractivity (Wildman–Crippen MR) is 90.6 cm³/mol. The maximum absolute atomic E-state index is 12.5. The Kier molecular flexibility index (Phi) is 4.88. The minimum atomic E-state index is -1.12. The van der Waals surface area contributed by atoms with Crippen LogP contribution in [0.1, 0.15) is 17.2 Å². The Bertz CT molecular complexity index is 772. The van der Waals surface area contributed by atoms with Crippen LogP contribution in [0.25, 0.3) is 0 Å². The minimum absolute atomic E-state index is 0.234. The van der Waals surface area contributed by atoms with Crippen LogP contribution >= 0.6 is 0 Å². The van der Waals surface area contributed by atoms with Crippen LogP contribution in [0.5, 0.6) is 11.5 Å². The van der Waals surface area contributed by atoms with E-state index < -0.39 is 17.9 Å². The summed E-state index contributed by atoms with van der Waals surface area (Å²) in [7, 11) is 1.53. The number of nitrogens with one attached hydrogen (secondary N) is 1. The second-order valence-electron chi connectivity index (χ2n) is 5.87. The molecular formula is C19H19NO5. The molecule has 0 bridgehead atoms. The summed E-state index contributed by atoms with van der Waals surface area (Å²) in [5, 5.41) is 12.1. The van der Waals surface area contributed by atoms with Crippen LogP contribution < -0.4 is 14.8 Å². The van der Waals surface area contributed by atoms with E-state index in [9.17, 15) is 14.7 Å². The summed E-state index contributed by atoms with van der Waals surface area (Å²) in [6, 6.07) is 13.0. The first-order valence-electron chi connectivity index (χ1n) is 7.96. The summed E-state index contributed by atoms with van der Waals surface area (Å²) in [4.78, 5) is 24.1. The van der Waals surface area contributed by atoms with E-state index in [0.29, 0.717) is 17.7 Å². The van der Waals surface area contributed by atoms with Crippen LogP contribution in [0, 0.1) is 5.92 Å². The standard InChI is InChI=1S/C19H19NO5/c1-24-15-8-6-12(7-9-15)17(19(22)23)20-18(21)14-10-13-4-2-3-5-16(13)25-11-14/h2-9,14,17H,10-11H2,1H3,(H,20,21)(H,22,23)/t14-,17-/m1/s1. The van der Waals surface area contributed by atoms with E-state index in [1.807, 2.05) is 24.3 Å². The Hall–Kier alpha value is -3.02. The van der Waals surface area contributed by atoms with Gasteiger partial charge in [-0.1, -0.05) is 30.3 Å². The van der Waals surface area contributed by atoms with E-state index in [2.05, 4.69) is 5.32 Å². The second-order valence-corrected chi connectivity index (χ2v) is 5.87. The molecule has 3 rings (SSSR count). The molecule has 1 aliphatic rings. The molecule has 1 aliphatic heterocycles. The van der Waals surface area contributed by atoms with Crippen molar-refractivity contribution >= 4 is 11.9 Å². The number of para-hydroxylation sites is 1. The number of carboxylic acid groups (broad SMARTS) is 1. The molecular weight excluding hydrogens is 322 g/mol. The van der Waals surface area contributed by atoms with Crippen molar-refractivity contribution in [1.82, 2.24) is 5.32 Å². The first-order valence-corrected chi connectivity index (χ1v) is 7.96. The van der Waals surface area contributed by atoms with Gasteiger partial charge in [0.25, 0.3) is 0 Å². The molecule has 130 valence electrons. The molecule has 2 aromatic carbocycles. The number of benzene rings is 2. The number of hydrogen-bond donors (Lipinski definition) is 2. The molecule has 0 spiro atoms. The highest BCUT2D eigenvalue weighted by Gasteiger charge is 2.30. The Labute approximate surface area is 145 Å². The van der Waals surface area contributed by atoms with E-state index in [1.165, 1.54) is 7.11 Å². The molecule has 1 amide bonds. The van der Waals surface area contributed by atoms with Crippen LogP contribution in [-0.4, -0.2) is 30.7 Å². The lowest BCUT2D eigenvalue weighted by atomic mass is 9.95. The summed E-state index contributed by atoms with van der Waals surface area (Å²) in [6.07, 6.45) is 0.525. The molecule has 1 heterocycles. The number of aliphatic carboxylic acids is 1. The van der Waals surface area contributed by atoms with Crippen molar-refractivity contribution in [3.63, 3.8) is 0 Å². The van der Waals surface area contributed by atoms with Gasteiger partial charge in [-0.15, -0.1) is 0 Å². The lowest BCUT2D eigenvalue weighted by molar-refractivity contribution is -0.143. The molecule has 2 atom stereocenters. The second kappa shape index (κ2) is 7.25. The summed E-state index contributed by atoms with van der Waals surface area (Å²) < 4.78 is 10.7. The van der Waals surface area contributed by atoms with Gasteiger partial charge in [0.15, 0.2) is 6.04 Å². The Morgan fingerprint density at radius 3 is 2.60 bits per heavy atom. The highest BCUT2D eigenvalue weighted by molar-refractivity contribution is 5.86. The van der Waals surface area contributed by atoms with Gasteiger partial charge in [0.2, 0.25) is 5.91 Å². The SMILES string of the molecule is COc1ccc([C@@H](NC(=O)[C@H]2COc3ccccc3C2)C(=O)O)cc1. The smallest absolute Gasteiger partial charge is 0.330 e. The number of hydrogen-bond acceptors (Lipinski definition) is 4. The average Bonchev–Trinajstić information content (AvgIpc) is 2.65. The fourth-order valence-electron chi connectivity index (χ4n) is 2.84. The minimum Gasteiger partial charge on any atom is -0.497 e. The van der Waals surface area contributed by atoms with Gasteiger partial charge >= 0.3 is 5.97 Å². The predicted octanol–water partition coefficient (Wildman–Crippen LogP) is 2.19. The quantitative estimate of drug-likeness (QED) is 0.871. The topological polar surface area (TPSA) is 84.9 Å². The molecule has 0 radical (unpaired) electrons. The molecule has 25 heavy (non-hydrogen) atoms. The highest BCUT2D eigenvalue weighted by Crippen LogP contribution is 2.27. The molecule has 6 nitrogen and oxygen atoms in total. The molecule has 0 unspecified atom stereocenters. The zero-order valence-electron chi connectivity index (χ0n) is 13.8. The highest BCUT2D eigenvalue weighted by atomic mass is 16.5. The molecule has 2 aromatic rings. The van der Waals surface area contributed by atoms with Crippen molar-refractivity contribution in [1.29, 1.82) is 0 Å². The zero-order valence-corrected chi connectivity index (χ0v) is 13.8. The summed E-state index contributed by atoms with van der Waals surface area (Å²) in [5.74, 6) is -0.476. The number of carbonyl (C=O) groups excluding carboxylic acids is 1. The van der Waals surface area contributed by atoms with Gasteiger partial charge in [0, 0.05) is 0 Å². The third-order valence-corrected chi connectivity index (χ3v) is 4.23. The molecule has 0 fully saturated rings. The largest absolute Gasteiger partial charge is 0.497 e. The van der Waals surface area contributed by atoms with Crippen molar-refractivity contribution in [2.45, 2.75) is 12.5 Å². The normalized spacial score (nSPS) is 16.9. The number of carboxylic acids is 1. The average molecular weight is 341 g/mol. The number of amides is 1. The van der Waals surface area contributed by atoms with Crippen molar-refractivity contribution in [3.05, 3.63) is 59.7 Å². The molecule has 0 saturated carbocycles. The fraction of sp³-hybridized carbons (Fsp3) is 0.263. The van der Waals surface area contributed by atoms with E-state index >= 15 is 0 Å². The number of methoxy groups -OCH3 is 1. The van der Waals surface area contributed by atoms with E-state index in [-0.39, 0.29) is 12.5 Å². The monoisotopic (exact) mass is 341 g/mol. The van der Waals surface area contributed by atoms with Crippen LogP contribution in [-0.2, 0) is 16.0 Å². The Morgan fingerprint density at radius 2 is 1.92 bits per heavy atom. The van der Waals surface area contributed by atoms with Crippen molar-refractivity contribution < 1.29 is 24.2 Å². The van der Waals surface area contributed by atoms with Gasteiger partial charge in [-0.05, 0) is 35.7 Å². The van der Waals surface area contributed by atoms with Crippen molar-refractivity contribution in [2.24, 2.45) is 5.92 Å². The zero-order chi connectivity index (χ0) is 17.8. The van der Waals surface area contributed by atoms with E-state index in [1.54, 1.807) is 24.3 Å². The summed E-state index contributed by atoms with van der Waals surface area (Å²) >= 11 is 0. The van der Waals surface area contributed by atoms with Crippen LogP contribution in [0.3, 0.4) is 0 Å². The summed E-state index contributed by atoms with van der Waals surface area (Å²) in [6.45, 7) is 0.234. The van der Waals surface area contributed by atoms with Crippen molar-refractivity contribution in [3.8, 4) is 11.5 Å². The number of rotatable bonds is 5. The van der Waals surface area contributed by atoms with Gasteiger partial charge in [-0.2, -0.15) is 0 Å². The third-order valence-electron chi connectivity index (χ3n) is 4.23. The maximum Gasteiger partial charge on any atom is 0.330 e. The fourth-order valence-corrected chi connectivity index (χ4v) is 2.84. The van der Waals surface area contributed by atoms with Crippen LogP contribution in [0.2, 0.25) is 0 Å². The number of carbonyl (C=O) groups is 2. The van der Waals surface area contributed by atoms with Gasteiger partial charge < -0.3 is 19.9 Å². The van der Waals surface area contributed by atoms with Crippen molar-refractivity contribution in [2.75, 3.05) is 13.7 Å². The maximum atomic E-state index is 12.5.